The third-order valence-corrected chi connectivity index (χ3v) is 7.27. The van der Waals surface area contributed by atoms with Crippen LogP contribution in [0.15, 0.2) is 48.5 Å². The van der Waals surface area contributed by atoms with Crippen molar-refractivity contribution in [3.63, 3.8) is 0 Å². The Balaban J connectivity index is 1.09. The van der Waals surface area contributed by atoms with E-state index in [0.29, 0.717) is 25.8 Å². The Morgan fingerprint density at radius 2 is 1.61 bits per heavy atom. The fourth-order valence-electron chi connectivity index (χ4n) is 5.38. The standard InChI is InChI=1S/C26H28N2O5/c29-24(28-23-11-5-10-20(23)25(30)31)21-12-15(21)13-27-26(32)33-14-22-18-8-3-1-6-16(18)17-7-2-4-9-19(17)22/h1-4,6-9,15,20-23H,5,10-14H2,(H,27,32)(H,28,29)(H,30,31)/t15?,20-,21?,23+/m1/s1. The summed E-state index contributed by atoms with van der Waals surface area (Å²) in [4.78, 5) is 36.1. The van der Waals surface area contributed by atoms with Gasteiger partial charge in [0.15, 0.2) is 0 Å². The lowest BCUT2D eigenvalue weighted by atomic mass is 9.98. The van der Waals surface area contributed by atoms with Crippen LogP contribution in [0.2, 0.25) is 0 Å². The zero-order chi connectivity index (χ0) is 22.9. The van der Waals surface area contributed by atoms with Crippen LogP contribution in [0.4, 0.5) is 4.79 Å². The molecule has 7 nitrogen and oxygen atoms in total. The number of hydrogen-bond acceptors (Lipinski definition) is 4. The Kier molecular flexibility index (Phi) is 5.79. The van der Waals surface area contributed by atoms with E-state index in [1.165, 1.54) is 11.1 Å². The Labute approximate surface area is 192 Å². The van der Waals surface area contributed by atoms with Crippen LogP contribution in [-0.4, -0.2) is 42.3 Å². The maximum atomic E-state index is 12.5. The average Bonchev–Trinajstić information content (AvgIpc) is 3.33. The highest BCUT2D eigenvalue weighted by atomic mass is 16.5. The quantitative estimate of drug-likeness (QED) is 0.601. The van der Waals surface area contributed by atoms with Crippen molar-refractivity contribution in [1.82, 2.24) is 10.6 Å². The summed E-state index contributed by atoms with van der Waals surface area (Å²) in [6.45, 7) is 0.633. The van der Waals surface area contributed by atoms with Crippen molar-refractivity contribution >= 4 is 18.0 Å². The Hall–Kier alpha value is -3.35. The second-order valence-electron chi connectivity index (χ2n) is 9.30. The molecule has 0 bridgehead atoms. The molecule has 0 aliphatic heterocycles. The fraction of sp³-hybridized carbons (Fsp3) is 0.423. The van der Waals surface area contributed by atoms with Crippen LogP contribution in [0, 0.1) is 17.8 Å². The topological polar surface area (TPSA) is 105 Å². The lowest BCUT2D eigenvalue weighted by Gasteiger charge is -2.17. The van der Waals surface area contributed by atoms with Crippen LogP contribution in [-0.2, 0) is 14.3 Å². The highest BCUT2D eigenvalue weighted by Gasteiger charge is 2.45. The minimum absolute atomic E-state index is 0.0104. The summed E-state index contributed by atoms with van der Waals surface area (Å²) in [6, 6.07) is 16.1. The molecule has 33 heavy (non-hydrogen) atoms. The van der Waals surface area contributed by atoms with E-state index < -0.39 is 18.0 Å². The van der Waals surface area contributed by atoms with Gasteiger partial charge in [-0.15, -0.1) is 0 Å². The number of rotatable bonds is 7. The van der Waals surface area contributed by atoms with Crippen molar-refractivity contribution in [1.29, 1.82) is 0 Å². The van der Waals surface area contributed by atoms with Crippen molar-refractivity contribution in [2.24, 2.45) is 17.8 Å². The molecule has 5 rings (SSSR count). The number of nitrogens with one attached hydrogen (secondary N) is 2. The first kappa shape index (κ1) is 21.5. The number of fused-ring (bicyclic) bond motifs is 3. The number of alkyl carbamates (subject to hydrolysis) is 1. The van der Waals surface area contributed by atoms with Crippen LogP contribution in [0.5, 0.6) is 0 Å². The molecule has 3 aliphatic carbocycles. The number of carboxylic acids is 1. The van der Waals surface area contributed by atoms with Crippen molar-refractivity contribution < 1.29 is 24.2 Å². The molecule has 3 N–H and O–H groups in total. The lowest BCUT2D eigenvalue weighted by Crippen LogP contribution is -2.41. The predicted molar refractivity (Wildman–Crippen MR) is 122 cm³/mol. The Morgan fingerprint density at radius 3 is 2.27 bits per heavy atom. The van der Waals surface area contributed by atoms with E-state index in [1.54, 1.807) is 0 Å². The van der Waals surface area contributed by atoms with Crippen molar-refractivity contribution in [3.8, 4) is 11.1 Å². The van der Waals surface area contributed by atoms with Gasteiger partial charge in [-0.25, -0.2) is 4.79 Å². The van der Waals surface area contributed by atoms with E-state index in [0.717, 1.165) is 17.5 Å². The summed E-state index contributed by atoms with van der Waals surface area (Å²) in [6.07, 6.45) is 2.35. The molecular weight excluding hydrogens is 420 g/mol. The number of aliphatic carboxylic acids is 1. The summed E-state index contributed by atoms with van der Waals surface area (Å²) in [5, 5.41) is 15.0. The van der Waals surface area contributed by atoms with Gasteiger partial charge in [0.05, 0.1) is 5.92 Å². The average molecular weight is 449 g/mol. The SMILES string of the molecule is O=C(NCC1CC1C(=O)N[C@H]1CCC[C@H]1C(=O)O)OCC1c2ccccc2-c2ccccc21. The highest BCUT2D eigenvalue weighted by Crippen LogP contribution is 2.44. The first-order chi connectivity index (χ1) is 16.0. The maximum absolute atomic E-state index is 12.5. The molecule has 172 valence electrons. The van der Waals surface area contributed by atoms with E-state index in [2.05, 4.69) is 34.9 Å². The van der Waals surface area contributed by atoms with Crippen molar-refractivity contribution in [2.75, 3.05) is 13.2 Å². The summed E-state index contributed by atoms with van der Waals surface area (Å²) in [5.41, 5.74) is 4.69. The van der Waals surface area contributed by atoms with Crippen LogP contribution >= 0.6 is 0 Å². The number of carboxylic acid groups (broad SMARTS) is 1. The molecule has 7 heteroatoms. The fourth-order valence-corrected chi connectivity index (χ4v) is 5.38. The van der Waals surface area contributed by atoms with Gasteiger partial charge in [-0.2, -0.15) is 0 Å². The predicted octanol–water partition coefficient (Wildman–Crippen LogP) is 3.53. The van der Waals surface area contributed by atoms with Gasteiger partial charge in [0.2, 0.25) is 5.91 Å². The molecule has 0 spiro atoms. The van der Waals surface area contributed by atoms with Gasteiger partial charge < -0.3 is 20.5 Å². The number of ether oxygens (including phenoxy) is 1. The van der Waals surface area contributed by atoms with E-state index >= 15 is 0 Å². The molecule has 0 saturated heterocycles. The second-order valence-corrected chi connectivity index (χ2v) is 9.30. The van der Waals surface area contributed by atoms with Gasteiger partial charge >= 0.3 is 12.1 Å². The van der Waals surface area contributed by atoms with E-state index in [9.17, 15) is 19.5 Å². The number of benzene rings is 2. The van der Waals surface area contributed by atoms with E-state index in [-0.39, 0.29) is 36.3 Å². The molecule has 0 heterocycles. The molecule has 3 aliphatic rings. The van der Waals surface area contributed by atoms with Crippen LogP contribution < -0.4 is 10.6 Å². The van der Waals surface area contributed by atoms with Gasteiger partial charge in [-0.05, 0) is 47.4 Å². The zero-order valence-electron chi connectivity index (χ0n) is 18.3. The molecule has 2 unspecified atom stereocenters. The number of hydrogen-bond donors (Lipinski definition) is 3. The molecule has 4 atom stereocenters. The Morgan fingerprint density at radius 1 is 0.939 bits per heavy atom. The van der Waals surface area contributed by atoms with E-state index in [1.807, 2.05) is 24.3 Å². The number of carbonyl (C=O) groups is 3. The van der Waals surface area contributed by atoms with Gasteiger partial charge in [0.1, 0.15) is 6.61 Å². The molecular formula is C26H28N2O5. The molecule has 2 saturated carbocycles. The second kappa shape index (κ2) is 8.89. The van der Waals surface area contributed by atoms with Crippen molar-refractivity contribution in [2.45, 2.75) is 37.6 Å². The zero-order valence-corrected chi connectivity index (χ0v) is 18.3. The smallest absolute Gasteiger partial charge is 0.407 e. The third kappa shape index (κ3) is 4.32. The monoisotopic (exact) mass is 448 g/mol. The van der Waals surface area contributed by atoms with Crippen molar-refractivity contribution in [3.05, 3.63) is 59.7 Å². The third-order valence-electron chi connectivity index (χ3n) is 7.27. The summed E-state index contributed by atoms with van der Waals surface area (Å²) < 4.78 is 5.55. The first-order valence-corrected chi connectivity index (χ1v) is 11.6. The molecule has 2 aromatic carbocycles. The summed E-state index contributed by atoms with van der Waals surface area (Å²) in [5.74, 6) is -1.54. The number of carbonyl (C=O) groups excluding carboxylic acids is 2. The highest BCUT2D eigenvalue weighted by molar-refractivity contribution is 5.83. The Bertz CT molecular complexity index is 1040. The van der Waals surface area contributed by atoms with Crippen LogP contribution in [0.1, 0.15) is 42.7 Å². The van der Waals surface area contributed by atoms with Gasteiger partial charge in [-0.3, -0.25) is 9.59 Å². The van der Waals surface area contributed by atoms with E-state index in [4.69, 9.17) is 4.74 Å². The molecule has 2 aromatic rings. The maximum Gasteiger partial charge on any atom is 0.407 e. The first-order valence-electron chi connectivity index (χ1n) is 11.6. The number of amides is 2. The molecule has 0 radical (unpaired) electrons. The normalized spacial score (nSPS) is 25.1. The van der Waals surface area contributed by atoms with Crippen LogP contribution in [0.3, 0.4) is 0 Å². The van der Waals surface area contributed by atoms with Gasteiger partial charge in [-0.1, -0.05) is 55.0 Å². The molecule has 2 amide bonds. The van der Waals surface area contributed by atoms with Gasteiger partial charge in [0.25, 0.3) is 0 Å². The molecule has 2 fully saturated rings. The lowest BCUT2D eigenvalue weighted by molar-refractivity contribution is -0.142. The summed E-state index contributed by atoms with van der Waals surface area (Å²) >= 11 is 0. The largest absolute Gasteiger partial charge is 0.481 e. The molecule has 0 aromatic heterocycles. The van der Waals surface area contributed by atoms with Gasteiger partial charge in [0, 0.05) is 24.4 Å². The van der Waals surface area contributed by atoms with Crippen LogP contribution in [0.25, 0.3) is 11.1 Å². The minimum Gasteiger partial charge on any atom is -0.481 e. The minimum atomic E-state index is -0.845. The summed E-state index contributed by atoms with van der Waals surface area (Å²) in [7, 11) is 0.